The predicted octanol–water partition coefficient (Wildman–Crippen LogP) is 3.25. The minimum absolute atomic E-state index is 0.746. The number of hydrogen-bond acceptors (Lipinski definition) is 2. The summed E-state index contributed by atoms with van der Waals surface area (Å²) in [5, 5.41) is 0. The van der Waals surface area contributed by atoms with E-state index < -0.39 is 8.40 Å². The maximum atomic E-state index is 3.84. The van der Waals surface area contributed by atoms with E-state index in [9.17, 15) is 0 Å². The van der Waals surface area contributed by atoms with Crippen LogP contribution in [-0.4, -0.2) is 21.5 Å². The van der Waals surface area contributed by atoms with Crippen LogP contribution in [-0.2, 0) is 0 Å². The Morgan fingerprint density at radius 3 is 1.33 bits per heavy atom. The molecule has 0 fully saturated rings. The summed E-state index contributed by atoms with van der Waals surface area (Å²) in [5.74, 6) is 0. The third kappa shape index (κ3) is 4.25. The lowest BCUT2D eigenvalue weighted by Gasteiger charge is -2.40. The average Bonchev–Trinajstić information content (AvgIpc) is 2.17. The molecule has 0 unspecified atom stereocenters. The minimum atomic E-state index is -1.49. The quantitative estimate of drug-likeness (QED) is 0.626. The summed E-state index contributed by atoms with van der Waals surface area (Å²) in [6.07, 6.45) is 2.45. The molecule has 0 heterocycles. The van der Waals surface area contributed by atoms with E-state index in [1.165, 1.54) is 12.8 Å². The van der Waals surface area contributed by atoms with Gasteiger partial charge in [-0.15, -0.1) is 0 Å². The van der Waals surface area contributed by atoms with Gasteiger partial charge in [0.1, 0.15) is 0 Å². The lowest BCUT2D eigenvalue weighted by atomic mass is 10.5. The smallest absolute Gasteiger partial charge is 0.206 e. The molecule has 0 atom stereocenters. The molecule has 0 aliphatic heterocycles. The van der Waals surface area contributed by atoms with E-state index in [1.807, 2.05) is 0 Å². The molecule has 0 rings (SSSR count). The topological polar surface area (TPSA) is 24.1 Å². The molecule has 0 amide bonds. The van der Waals surface area contributed by atoms with Gasteiger partial charge < -0.3 is 9.96 Å². The van der Waals surface area contributed by atoms with Crippen molar-refractivity contribution in [2.75, 3.05) is 13.1 Å². The van der Waals surface area contributed by atoms with Crippen molar-refractivity contribution in [3.8, 4) is 0 Å². The molecule has 0 aliphatic carbocycles. The largest absolute Gasteiger partial charge is 0.325 e. The van der Waals surface area contributed by atoms with Gasteiger partial charge in [-0.25, -0.2) is 0 Å². The number of nitrogens with one attached hydrogen (secondary N) is 2. The van der Waals surface area contributed by atoms with Crippen molar-refractivity contribution < 1.29 is 0 Å². The van der Waals surface area contributed by atoms with Crippen molar-refractivity contribution in [2.45, 2.75) is 65.5 Å². The molecule has 2 N–H and O–H groups in total. The summed E-state index contributed by atoms with van der Waals surface area (Å²) >= 11 is 0. The zero-order valence-electron chi connectivity index (χ0n) is 11.5. The summed E-state index contributed by atoms with van der Waals surface area (Å²) in [6.45, 7) is 16.2. The molecule has 15 heavy (non-hydrogen) atoms. The Bertz CT molecular complexity index is 140. The highest BCUT2D eigenvalue weighted by Gasteiger charge is 2.39. The molecule has 0 saturated heterocycles. The molecule has 0 aromatic heterocycles. The van der Waals surface area contributed by atoms with Crippen molar-refractivity contribution in [3.05, 3.63) is 0 Å². The van der Waals surface area contributed by atoms with E-state index in [2.05, 4.69) is 51.5 Å². The number of rotatable bonds is 8. The molecule has 0 spiro atoms. The Morgan fingerprint density at radius 1 is 0.800 bits per heavy atom. The van der Waals surface area contributed by atoms with Gasteiger partial charge in [-0.05, 0) is 37.0 Å². The summed E-state index contributed by atoms with van der Waals surface area (Å²) in [4.78, 5) is 7.69. The lowest BCUT2D eigenvalue weighted by molar-refractivity contribution is 0.689. The van der Waals surface area contributed by atoms with Crippen LogP contribution in [0.5, 0.6) is 0 Å². The van der Waals surface area contributed by atoms with Crippen LogP contribution < -0.4 is 9.96 Å². The normalized spacial score (nSPS) is 12.8. The first-order chi connectivity index (χ1) is 7.01. The van der Waals surface area contributed by atoms with E-state index in [4.69, 9.17) is 0 Å². The standard InChI is InChI=1S/C12H30N2Si/c1-7-9-13-15(11(3)4,12(5)6)14-10-8-2/h11-14H,7-10H2,1-6H3. The molecular formula is C12H30N2Si. The molecule has 0 aromatic carbocycles. The highest BCUT2D eigenvalue weighted by atomic mass is 28.3. The molecule has 0 bridgehead atoms. The lowest BCUT2D eigenvalue weighted by Crippen LogP contribution is -2.66. The Kier molecular flexibility index (Phi) is 7.48. The monoisotopic (exact) mass is 230 g/mol. The van der Waals surface area contributed by atoms with Gasteiger partial charge in [0.2, 0.25) is 8.40 Å². The number of hydrogen-bond donors (Lipinski definition) is 2. The van der Waals surface area contributed by atoms with Gasteiger partial charge >= 0.3 is 0 Å². The van der Waals surface area contributed by atoms with Crippen LogP contribution >= 0.6 is 0 Å². The van der Waals surface area contributed by atoms with Gasteiger partial charge in [0.15, 0.2) is 0 Å². The summed E-state index contributed by atoms with van der Waals surface area (Å²) in [7, 11) is -1.49. The molecule has 92 valence electrons. The summed E-state index contributed by atoms with van der Waals surface area (Å²) in [5.41, 5.74) is 1.49. The van der Waals surface area contributed by atoms with Gasteiger partial charge in [-0.1, -0.05) is 41.5 Å². The van der Waals surface area contributed by atoms with Crippen molar-refractivity contribution in [3.63, 3.8) is 0 Å². The van der Waals surface area contributed by atoms with Gasteiger partial charge in [-0.3, -0.25) is 0 Å². The average molecular weight is 230 g/mol. The fourth-order valence-electron chi connectivity index (χ4n) is 2.21. The van der Waals surface area contributed by atoms with E-state index in [-0.39, 0.29) is 0 Å². The first-order valence-corrected chi connectivity index (χ1v) is 8.66. The Balaban J connectivity index is 4.57. The Labute approximate surface area is 97.4 Å². The van der Waals surface area contributed by atoms with Crippen LogP contribution in [0.15, 0.2) is 0 Å². The minimum Gasteiger partial charge on any atom is -0.325 e. The molecule has 3 heteroatoms. The highest BCUT2D eigenvalue weighted by Crippen LogP contribution is 2.27. The van der Waals surface area contributed by atoms with E-state index in [0.717, 1.165) is 24.2 Å². The Hall–Kier alpha value is 0.137. The summed E-state index contributed by atoms with van der Waals surface area (Å²) < 4.78 is 0. The summed E-state index contributed by atoms with van der Waals surface area (Å²) in [6, 6.07) is 0. The fourth-order valence-corrected chi connectivity index (χ4v) is 6.63. The van der Waals surface area contributed by atoms with Crippen LogP contribution in [0, 0.1) is 0 Å². The maximum absolute atomic E-state index is 3.84. The molecule has 0 aliphatic rings. The van der Waals surface area contributed by atoms with Crippen LogP contribution in [0.3, 0.4) is 0 Å². The van der Waals surface area contributed by atoms with E-state index in [1.54, 1.807) is 0 Å². The van der Waals surface area contributed by atoms with E-state index in [0.29, 0.717) is 0 Å². The van der Waals surface area contributed by atoms with E-state index >= 15 is 0 Å². The molecule has 0 aromatic rings. The van der Waals surface area contributed by atoms with Crippen LogP contribution in [0.25, 0.3) is 0 Å². The van der Waals surface area contributed by atoms with Crippen molar-refractivity contribution in [1.29, 1.82) is 0 Å². The van der Waals surface area contributed by atoms with Crippen LogP contribution in [0.1, 0.15) is 54.4 Å². The Morgan fingerprint density at radius 2 is 1.13 bits per heavy atom. The first kappa shape index (κ1) is 15.1. The third-order valence-electron chi connectivity index (χ3n) is 3.16. The second-order valence-corrected chi connectivity index (χ2v) is 9.79. The second-order valence-electron chi connectivity index (χ2n) is 5.03. The van der Waals surface area contributed by atoms with Gasteiger partial charge in [0, 0.05) is 0 Å². The second kappa shape index (κ2) is 7.42. The fraction of sp³-hybridized carbons (Fsp3) is 1.00. The van der Waals surface area contributed by atoms with Crippen LogP contribution in [0.2, 0.25) is 11.1 Å². The van der Waals surface area contributed by atoms with Gasteiger partial charge in [0.25, 0.3) is 0 Å². The highest BCUT2D eigenvalue weighted by molar-refractivity contribution is 6.77. The zero-order chi connectivity index (χ0) is 11.9. The van der Waals surface area contributed by atoms with Crippen LogP contribution in [0.4, 0.5) is 0 Å². The maximum Gasteiger partial charge on any atom is 0.206 e. The molecule has 2 nitrogen and oxygen atoms in total. The van der Waals surface area contributed by atoms with Crippen molar-refractivity contribution in [1.82, 2.24) is 9.96 Å². The van der Waals surface area contributed by atoms with Gasteiger partial charge in [0.05, 0.1) is 0 Å². The predicted molar refractivity (Wildman–Crippen MR) is 72.5 cm³/mol. The van der Waals surface area contributed by atoms with Crippen molar-refractivity contribution in [2.24, 2.45) is 0 Å². The zero-order valence-corrected chi connectivity index (χ0v) is 12.5. The first-order valence-electron chi connectivity index (χ1n) is 6.51. The molecular weight excluding hydrogens is 200 g/mol. The SMILES string of the molecule is CCCN[Si](NCCC)(C(C)C)C(C)C. The third-order valence-corrected chi connectivity index (χ3v) is 8.47. The van der Waals surface area contributed by atoms with Crippen molar-refractivity contribution >= 4 is 8.40 Å². The molecule has 0 saturated carbocycles. The van der Waals surface area contributed by atoms with Gasteiger partial charge in [-0.2, -0.15) is 0 Å². The molecule has 0 radical (unpaired) electrons.